The molecule has 0 bridgehead atoms. The van der Waals surface area contributed by atoms with E-state index in [0.29, 0.717) is 4.48 Å². The average Bonchev–Trinajstić information content (AvgIpc) is 2.46. The van der Waals surface area contributed by atoms with Crippen LogP contribution in [-0.2, 0) is 6.54 Å². The van der Waals surface area contributed by atoms with E-state index in [1.165, 1.54) is 5.56 Å². The van der Waals surface area contributed by atoms with Gasteiger partial charge >= 0.3 is 5.95 Å². The molecule has 19 heavy (non-hydrogen) atoms. The molecule has 0 saturated carbocycles. The SMILES string of the molecule is C[N+](C)(CCNCc1ccccc1)c1ncccn1. The molecule has 0 unspecified atom stereocenters. The van der Waals surface area contributed by atoms with Gasteiger partial charge in [0.05, 0.1) is 20.6 Å². The zero-order valence-electron chi connectivity index (χ0n) is 11.6. The van der Waals surface area contributed by atoms with Crippen LogP contribution in [-0.4, -0.2) is 37.2 Å². The summed E-state index contributed by atoms with van der Waals surface area (Å²) in [6.45, 7) is 2.79. The van der Waals surface area contributed by atoms with Crippen LogP contribution in [0.25, 0.3) is 0 Å². The van der Waals surface area contributed by atoms with Gasteiger partial charge in [-0.2, -0.15) is 9.97 Å². The highest BCUT2D eigenvalue weighted by molar-refractivity contribution is 5.21. The lowest BCUT2D eigenvalue weighted by Gasteiger charge is -2.26. The molecule has 0 aliphatic carbocycles. The summed E-state index contributed by atoms with van der Waals surface area (Å²) >= 11 is 0. The summed E-state index contributed by atoms with van der Waals surface area (Å²) in [5.41, 5.74) is 1.31. The third-order valence-electron chi connectivity index (χ3n) is 3.11. The smallest absolute Gasteiger partial charge is 0.307 e. The second kappa shape index (κ2) is 6.41. The molecule has 4 heteroatoms. The Balaban J connectivity index is 1.79. The maximum absolute atomic E-state index is 4.32. The van der Waals surface area contributed by atoms with Crippen LogP contribution in [0.2, 0.25) is 0 Å². The van der Waals surface area contributed by atoms with E-state index in [-0.39, 0.29) is 0 Å². The van der Waals surface area contributed by atoms with Crippen molar-refractivity contribution in [1.82, 2.24) is 19.8 Å². The lowest BCUT2D eigenvalue weighted by molar-refractivity contribution is 0.371. The predicted molar refractivity (Wildman–Crippen MR) is 78.7 cm³/mol. The first kappa shape index (κ1) is 13.6. The second-order valence-corrected chi connectivity index (χ2v) is 5.12. The highest BCUT2D eigenvalue weighted by Gasteiger charge is 2.21. The molecule has 0 spiro atoms. The van der Waals surface area contributed by atoms with Gasteiger partial charge in [-0.3, -0.25) is 4.48 Å². The van der Waals surface area contributed by atoms with E-state index in [1.54, 1.807) is 12.4 Å². The maximum atomic E-state index is 4.32. The van der Waals surface area contributed by atoms with Crippen molar-refractivity contribution >= 4 is 5.95 Å². The van der Waals surface area contributed by atoms with Gasteiger partial charge in [0.15, 0.2) is 0 Å². The first-order chi connectivity index (χ1) is 9.18. The van der Waals surface area contributed by atoms with Gasteiger partial charge in [-0.25, -0.2) is 0 Å². The van der Waals surface area contributed by atoms with Crippen molar-refractivity contribution in [2.24, 2.45) is 0 Å². The van der Waals surface area contributed by atoms with Gasteiger partial charge in [-0.05, 0) is 11.6 Å². The number of quaternary nitrogens is 1. The molecular formula is C15H21N4+. The second-order valence-electron chi connectivity index (χ2n) is 5.12. The zero-order chi connectivity index (χ0) is 13.6. The Morgan fingerprint density at radius 2 is 1.68 bits per heavy atom. The average molecular weight is 257 g/mol. The molecule has 1 aromatic carbocycles. The van der Waals surface area contributed by atoms with Gasteiger partial charge in [0, 0.05) is 25.5 Å². The minimum atomic E-state index is 0.683. The van der Waals surface area contributed by atoms with Gasteiger partial charge in [-0.1, -0.05) is 30.3 Å². The highest BCUT2D eigenvalue weighted by Crippen LogP contribution is 2.09. The first-order valence-corrected chi connectivity index (χ1v) is 6.54. The van der Waals surface area contributed by atoms with Crippen LogP contribution in [0.1, 0.15) is 5.56 Å². The number of benzene rings is 1. The highest BCUT2D eigenvalue weighted by atomic mass is 15.4. The Morgan fingerprint density at radius 3 is 2.37 bits per heavy atom. The van der Waals surface area contributed by atoms with Gasteiger partial charge in [0.1, 0.15) is 0 Å². The van der Waals surface area contributed by atoms with E-state index >= 15 is 0 Å². The predicted octanol–water partition coefficient (Wildman–Crippen LogP) is 1.83. The summed E-state index contributed by atoms with van der Waals surface area (Å²) in [7, 11) is 4.25. The summed E-state index contributed by atoms with van der Waals surface area (Å²) in [4.78, 5) is 8.64. The number of nitrogens with zero attached hydrogens (tertiary/aromatic N) is 3. The Kier molecular flexibility index (Phi) is 4.60. The van der Waals surface area contributed by atoms with Crippen LogP contribution in [0.15, 0.2) is 48.8 Å². The fourth-order valence-electron chi connectivity index (χ4n) is 1.89. The maximum Gasteiger partial charge on any atom is 0.328 e. The molecule has 0 saturated heterocycles. The van der Waals surface area contributed by atoms with Crippen molar-refractivity contribution in [2.75, 3.05) is 27.2 Å². The first-order valence-electron chi connectivity index (χ1n) is 6.54. The summed E-state index contributed by atoms with van der Waals surface area (Å²) in [5.74, 6) is 0.851. The monoisotopic (exact) mass is 257 g/mol. The Morgan fingerprint density at radius 1 is 1.00 bits per heavy atom. The molecular weight excluding hydrogens is 236 g/mol. The van der Waals surface area contributed by atoms with Gasteiger partial charge in [0.2, 0.25) is 0 Å². The Labute approximate surface area is 114 Å². The van der Waals surface area contributed by atoms with E-state index in [2.05, 4.69) is 53.6 Å². The molecule has 1 N–H and O–H groups in total. The van der Waals surface area contributed by atoms with Crippen LogP contribution < -0.4 is 9.80 Å². The van der Waals surface area contributed by atoms with Gasteiger partial charge in [0.25, 0.3) is 0 Å². The molecule has 0 atom stereocenters. The van der Waals surface area contributed by atoms with Crippen molar-refractivity contribution in [1.29, 1.82) is 0 Å². The number of aromatic nitrogens is 2. The molecule has 2 rings (SSSR count). The molecule has 4 nitrogen and oxygen atoms in total. The molecule has 0 radical (unpaired) electrons. The van der Waals surface area contributed by atoms with Crippen molar-refractivity contribution in [3.63, 3.8) is 0 Å². The number of hydrogen-bond acceptors (Lipinski definition) is 3. The molecule has 0 aliphatic heterocycles. The van der Waals surface area contributed by atoms with Crippen LogP contribution in [0.5, 0.6) is 0 Å². The summed E-state index contributed by atoms with van der Waals surface area (Å²) in [5, 5.41) is 3.46. The van der Waals surface area contributed by atoms with Crippen LogP contribution >= 0.6 is 0 Å². The summed E-state index contributed by atoms with van der Waals surface area (Å²) in [6, 6.07) is 12.3. The van der Waals surface area contributed by atoms with Crippen molar-refractivity contribution in [3.8, 4) is 0 Å². The standard InChI is InChI=1S/C15H21N4/c1-19(2,15-17-9-6-10-18-15)12-11-16-13-14-7-4-3-5-8-14/h3-10,16H,11-13H2,1-2H3/q+1. The third-order valence-corrected chi connectivity index (χ3v) is 3.11. The van der Waals surface area contributed by atoms with Crippen LogP contribution in [0, 0.1) is 0 Å². The largest absolute Gasteiger partial charge is 0.328 e. The fourth-order valence-corrected chi connectivity index (χ4v) is 1.89. The quantitative estimate of drug-likeness (QED) is 0.634. The van der Waals surface area contributed by atoms with Gasteiger partial charge in [-0.15, -0.1) is 0 Å². The van der Waals surface area contributed by atoms with E-state index in [9.17, 15) is 0 Å². The van der Waals surface area contributed by atoms with Crippen molar-refractivity contribution < 1.29 is 0 Å². The topological polar surface area (TPSA) is 37.8 Å². The van der Waals surface area contributed by atoms with Crippen molar-refractivity contribution in [3.05, 3.63) is 54.4 Å². The minimum Gasteiger partial charge on any atom is -0.307 e. The van der Waals surface area contributed by atoms with Crippen LogP contribution in [0.4, 0.5) is 5.95 Å². The molecule has 0 fully saturated rings. The molecule has 100 valence electrons. The van der Waals surface area contributed by atoms with E-state index < -0.39 is 0 Å². The molecule has 2 aromatic rings. The van der Waals surface area contributed by atoms with Crippen LogP contribution in [0.3, 0.4) is 0 Å². The molecule has 0 amide bonds. The molecule has 0 aliphatic rings. The lowest BCUT2D eigenvalue weighted by atomic mass is 10.2. The fraction of sp³-hybridized carbons (Fsp3) is 0.333. The zero-order valence-corrected chi connectivity index (χ0v) is 11.6. The number of nitrogens with one attached hydrogen (secondary N) is 1. The van der Waals surface area contributed by atoms with E-state index in [1.807, 2.05) is 12.1 Å². The molecule has 1 aromatic heterocycles. The lowest BCUT2D eigenvalue weighted by Crippen LogP contribution is -2.46. The van der Waals surface area contributed by atoms with E-state index in [0.717, 1.165) is 25.6 Å². The van der Waals surface area contributed by atoms with Gasteiger partial charge < -0.3 is 5.32 Å². The normalized spacial score (nSPS) is 11.5. The Bertz CT molecular complexity index is 482. The number of likely N-dealkylation sites (N-methyl/N-ethyl adjacent to an activating group) is 1. The molecule has 1 heterocycles. The Hall–Kier alpha value is -1.78. The number of rotatable bonds is 6. The van der Waals surface area contributed by atoms with E-state index in [4.69, 9.17) is 0 Å². The summed E-state index contributed by atoms with van der Waals surface area (Å²) in [6.07, 6.45) is 3.58. The third kappa shape index (κ3) is 4.12. The minimum absolute atomic E-state index is 0.683. The number of hydrogen-bond donors (Lipinski definition) is 1. The summed E-state index contributed by atoms with van der Waals surface area (Å²) < 4.78 is 0.683. The van der Waals surface area contributed by atoms with Crippen molar-refractivity contribution in [2.45, 2.75) is 6.54 Å².